The molecule has 0 amide bonds. The quantitative estimate of drug-likeness (QED) is 0.587. The lowest BCUT2D eigenvalue weighted by molar-refractivity contribution is -0.133. The van der Waals surface area contributed by atoms with Crippen molar-refractivity contribution in [3.8, 4) is 0 Å². The van der Waals surface area contributed by atoms with Crippen LogP contribution in [0.4, 0.5) is 0 Å². The van der Waals surface area contributed by atoms with E-state index in [0.717, 1.165) is 5.76 Å². The summed E-state index contributed by atoms with van der Waals surface area (Å²) in [7, 11) is 0. The highest BCUT2D eigenvalue weighted by Crippen LogP contribution is 2.24. The number of carboxylic acid groups (broad SMARTS) is 1. The smallest absolute Gasteiger partial charge is 0.351 e. The Kier molecular flexibility index (Phi) is 1.36. The van der Waals surface area contributed by atoms with Crippen LogP contribution in [-0.2, 0) is 9.53 Å². The van der Waals surface area contributed by atoms with E-state index in [0.29, 0.717) is 0 Å². The summed E-state index contributed by atoms with van der Waals surface area (Å²) in [5, 5.41) is 11.5. The number of carboxylic acids is 1. The molecule has 2 atom stereocenters. The van der Waals surface area contributed by atoms with Crippen molar-refractivity contribution in [1.82, 2.24) is 5.32 Å². The summed E-state index contributed by atoms with van der Waals surface area (Å²) in [5.74, 6) is -0.0859. The average Bonchev–Trinajstić information content (AvgIpc) is 2.42. The topological polar surface area (TPSA) is 58.6 Å². The lowest BCUT2D eigenvalue weighted by Crippen LogP contribution is -2.28. The van der Waals surface area contributed by atoms with Crippen molar-refractivity contribution >= 4 is 5.97 Å². The van der Waals surface area contributed by atoms with Gasteiger partial charge in [0.1, 0.15) is 11.8 Å². The average molecular weight is 167 g/mol. The maximum absolute atomic E-state index is 10.5. The van der Waals surface area contributed by atoms with E-state index in [4.69, 9.17) is 9.84 Å². The SMILES string of the molecule is CC1=C[C@H]2NC(C(=O)O)=C[C@H]2O1. The van der Waals surface area contributed by atoms with Crippen LogP contribution in [0.5, 0.6) is 0 Å². The molecule has 2 aliphatic rings. The first kappa shape index (κ1) is 7.21. The number of hydrogen-bond acceptors (Lipinski definition) is 3. The van der Waals surface area contributed by atoms with Crippen LogP contribution in [0, 0.1) is 0 Å². The molecule has 0 aromatic rings. The van der Waals surface area contributed by atoms with E-state index in [1.54, 1.807) is 6.08 Å². The normalized spacial score (nSPS) is 31.4. The monoisotopic (exact) mass is 167 g/mol. The lowest BCUT2D eigenvalue weighted by atomic mass is 10.2. The van der Waals surface area contributed by atoms with Crippen molar-refractivity contribution in [2.75, 3.05) is 0 Å². The summed E-state index contributed by atoms with van der Waals surface area (Å²) < 4.78 is 5.32. The third-order valence-corrected chi connectivity index (χ3v) is 1.97. The molecule has 0 saturated heterocycles. The van der Waals surface area contributed by atoms with Gasteiger partial charge >= 0.3 is 5.97 Å². The van der Waals surface area contributed by atoms with E-state index in [1.165, 1.54) is 0 Å². The molecule has 64 valence electrons. The molecule has 2 rings (SSSR count). The second kappa shape index (κ2) is 2.27. The maximum atomic E-state index is 10.5. The van der Waals surface area contributed by atoms with Crippen molar-refractivity contribution in [3.63, 3.8) is 0 Å². The van der Waals surface area contributed by atoms with Crippen LogP contribution in [0.3, 0.4) is 0 Å². The van der Waals surface area contributed by atoms with Gasteiger partial charge in [0.05, 0.1) is 11.8 Å². The van der Waals surface area contributed by atoms with Gasteiger partial charge in [-0.25, -0.2) is 4.79 Å². The van der Waals surface area contributed by atoms with Crippen molar-refractivity contribution in [1.29, 1.82) is 0 Å². The van der Waals surface area contributed by atoms with Gasteiger partial charge in [-0.2, -0.15) is 0 Å². The summed E-state index contributed by atoms with van der Waals surface area (Å²) in [6.07, 6.45) is 3.35. The number of hydrogen-bond donors (Lipinski definition) is 2. The van der Waals surface area contributed by atoms with E-state index in [9.17, 15) is 4.79 Å². The molecule has 0 aromatic heterocycles. The predicted octanol–water partition coefficient (Wildman–Crippen LogP) is 0.229. The zero-order valence-corrected chi connectivity index (χ0v) is 6.57. The molecule has 0 aromatic carbocycles. The van der Waals surface area contributed by atoms with Crippen LogP contribution in [-0.4, -0.2) is 23.2 Å². The Bertz CT molecular complexity index is 293. The highest BCUT2D eigenvalue weighted by molar-refractivity contribution is 5.87. The minimum absolute atomic E-state index is 0.0103. The van der Waals surface area contributed by atoms with Gasteiger partial charge in [-0.3, -0.25) is 0 Å². The largest absolute Gasteiger partial charge is 0.489 e. The Morgan fingerprint density at radius 3 is 3.00 bits per heavy atom. The molecular weight excluding hydrogens is 158 g/mol. The summed E-state index contributed by atoms with van der Waals surface area (Å²) >= 11 is 0. The second-order valence-corrected chi connectivity index (χ2v) is 2.92. The first-order chi connectivity index (χ1) is 5.66. The maximum Gasteiger partial charge on any atom is 0.351 e. The summed E-state index contributed by atoms with van der Waals surface area (Å²) in [5.41, 5.74) is 0.230. The summed E-state index contributed by atoms with van der Waals surface area (Å²) in [4.78, 5) is 10.5. The van der Waals surface area contributed by atoms with Gasteiger partial charge in [-0.1, -0.05) is 0 Å². The van der Waals surface area contributed by atoms with Crippen LogP contribution >= 0.6 is 0 Å². The van der Waals surface area contributed by atoms with Crippen LogP contribution in [0.1, 0.15) is 6.92 Å². The third kappa shape index (κ3) is 0.958. The van der Waals surface area contributed by atoms with Gasteiger partial charge < -0.3 is 15.2 Å². The standard InChI is InChI=1S/C8H9NO3/c1-4-2-5-7(12-4)3-6(9-5)8(10)11/h2-3,5,7,9H,1H3,(H,10,11)/t5-,7-/m1/s1. The highest BCUT2D eigenvalue weighted by atomic mass is 16.5. The predicted molar refractivity (Wildman–Crippen MR) is 41.3 cm³/mol. The fourth-order valence-corrected chi connectivity index (χ4v) is 1.46. The molecule has 0 unspecified atom stereocenters. The number of carbonyl (C=O) groups is 1. The van der Waals surface area contributed by atoms with Crippen LogP contribution in [0.2, 0.25) is 0 Å². The molecular formula is C8H9NO3. The van der Waals surface area contributed by atoms with Crippen molar-refractivity contribution in [2.24, 2.45) is 0 Å². The van der Waals surface area contributed by atoms with Crippen molar-refractivity contribution in [2.45, 2.75) is 19.1 Å². The minimum atomic E-state index is -0.931. The van der Waals surface area contributed by atoms with Crippen LogP contribution in [0.25, 0.3) is 0 Å². The molecule has 0 fully saturated rings. The van der Waals surface area contributed by atoms with Crippen molar-refractivity contribution < 1.29 is 14.6 Å². The first-order valence-corrected chi connectivity index (χ1v) is 3.73. The Morgan fingerprint density at radius 1 is 1.67 bits per heavy atom. The first-order valence-electron chi connectivity index (χ1n) is 3.73. The van der Waals surface area contributed by atoms with Gasteiger partial charge in [-0.15, -0.1) is 0 Å². The molecule has 12 heavy (non-hydrogen) atoms. The Hall–Kier alpha value is -1.45. The summed E-state index contributed by atoms with van der Waals surface area (Å²) in [6.45, 7) is 1.86. The molecule has 0 spiro atoms. The van der Waals surface area contributed by atoms with Gasteiger partial charge in [-0.05, 0) is 19.1 Å². The number of ether oxygens (including phenoxy) is 1. The van der Waals surface area contributed by atoms with Gasteiger partial charge in [0.15, 0.2) is 0 Å². The van der Waals surface area contributed by atoms with Crippen molar-refractivity contribution in [3.05, 3.63) is 23.6 Å². The fourth-order valence-electron chi connectivity index (χ4n) is 1.46. The molecule has 0 saturated carbocycles. The Balaban J connectivity index is 2.14. The molecule has 0 bridgehead atoms. The minimum Gasteiger partial charge on any atom is -0.489 e. The molecule has 2 heterocycles. The van der Waals surface area contributed by atoms with Gasteiger partial charge in [0.2, 0.25) is 0 Å². The van der Waals surface area contributed by atoms with Crippen LogP contribution in [0.15, 0.2) is 23.6 Å². The van der Waals surface area contributed by atoms with E-state index < -0.39 is 5.97 Å². The van der Waals surface area contributed by atoms with E-state index in [-0.39, 0.29) is 17.8 Å². The molecule has 4 nitrogen and oxygen atoms in total. The second-order valence-electron chi connectivity index (χ2n) is 2.92. The zero-order chi connectivity index (χ0) is 8.72. The Labute approximate surface area is 69.5 Å². The number of rotatable bonds is 1. The lowest BCUT2D eigenvalue weighted by Gasteiger charge is -2.07. The number of nitrogens with one attached hydrogen (secondary N) is 1. The Morgan fingerprint density at radius 2 is 2.42 bits per heavy atom. The van der Waals surface area contributed by atoms with Gasteiger partial charge in [0.25, 0.3) is 0 Å². The number of fused-ring (bicyclic) bond motifs is 1. The molecule has 2 N–H and O–H groups in total. The zero-order valence-electron chi connectivity index (χ0n) is 6.57. The molecule has 4 heteroatoms. The summed E-state index contributed by atoms with van der Waals surface area (Å²) in [6, 6.07) is 0.0103. The van der Waals surface area contributed by atoms with E-state index in [2.05, 4.69) is 5.32 Å². The van der Waals surface area contributed by atoms with Crippen LogP contribution < -0.4 is 5.32 Å². The fraction of sp³-hybridized carbons (Fsp3) is 0.375. The molecule has 0 aliphatic carbocycles. The number of aliphatic carboxylic acids is 1. The van der Waals surface area contributed by atoms with E-state index in [1.807, 2.05) is 13.0 Å². The third-order valence-electron chi connectivity index (χ3n) is 1.97. The molecule has 2 aliphatic heterocycles. The highest BCUT2D eigenvalue weighted by Gasteiger charge is 2.33. The van der Waals surface area contributed by atoms with E-state index >= 15 is 0 Å². The molecule has 0 radical (unpaired) electrons. The van der Waals surface area contributed by atoms with Gasteiger partial charge in [0, 0.05) is 0 Å². The number of allylic oxidation sites excluding steroid dienone is 1.